The Kier molecular flexibility index (Phi) is 4.16. The Hall–Kier alpha value is -1.54. The molecule has 0 bridgehead atoms. The fourth-order valence-corrected chi connectivity index (χ4v) is 2.83. The molecule has 0 aliphatic carbocycles. The van der Waals surface area contributed by atoms with Crippen LogP contribution in [0.5, 0.6) is 0 Å². The number of benzene rings is 2. The van der Waals surface area contributed by atoms with E-state index in [1.165, 1.54) is 0 Å². The smallest absolute Gasteiger partial charge is 0.256 e. The first kappa shape index (κ1) is 14.4. The van der Waals surface area contributed by atoms with Crippen molar-refractivity contribution in [1.29, 1.82) is 0 Å². The number of nitrogens with zero attached hydrogens (tertiary/aromatic N) is 2. The third-order valence-electron chi connectivity index (χ3n) is 2.90. The Morgan fingerprint density at radius 2 is 1.81 bits per heavy atom. The summed E-state index contributed by atoms with van der Waals surface area (Å²) in [5, 5.41) is 2.88. The second kappa shape index (κ2) is 6.07. The number of hydrogen-bond donors (Lipinski definition) is 1. The Bertz CT molecular complexity index is 838. The predicted molar refractivity (Wildman–Crippen MR) is 94.4 cm³/mol. The van der Waals surface area contributed by atoms with Crippen molar-refractivity contribution >= 4 is 61.1 Å². The molecule has 3 aromatic rings. The molecule has 0 aliphatic rings. The molecule has 0 spiro atoms. The maximum atomic E-state index is 12.3. The van der Waals surface area contributed by atoms with Crippen LogP contribution in [0, 0.1) is 3.57 Å². The first-order valence-electron chi connectivity index (χ1n) is 6.11. The Labute approximate surface area is 143 Å². The number of halogens is 2. The van der Waals surface area contributed by atoms with Crippen LogP contribution in [0.3, 0.4) is 0 Å². The first-order chi connectivity index (χ1) is 10.1. The van der Waals surface area contributed by atoms with E-state index in [4.69, 9.17) is 0 Å². The molecule has 1 aromatic heterocycles. The average molecular weight is 454 g/mol. The van der Waals surface area contributed by atoms with Crippen LogP contribution >= 0.6 is 38.5 Å². The van der Waals surface area contributed by atoms with Crippen LogP contribution in [-0.4, -0.2) is 15.9 Å². The summed E-state index contributed by atoms with van der Waals surface area (Å²) in [7, 11) is 0. The van der Waals surface area contributed by atoms with Gasteiger partial charge in [0.2, 0.25) is 0 Å². The molecule has 0 saturated heterocycles. The molecule has 6 heteroatoms. The zero-order valence-corrected chi connectivity index (χ0v) is 14.4. The van der Waals surface area contributed by atoms with Gasteiger partial charge in [0.15, 0.2) is 0 Å². The molecular weight excluding hydrogens is 445 g/mol. The third kappa shape index (κ3) is 3.21. The first-order valence-corrected chi connectivity index (χ1v) is 7.98. The van der Waals surface area contributed by atoms with Crippen LogP contribution in [0.15, 0.2) is 53.3 Å². The van der Waals surface area contributed by atoms with Crippen molar-refractivity contribution in [3.05, 3.63) is 62.4 Å². The van der Waals surface area contributed by atoms with Crippen LogP contribution in [0.25, 0.3) is 11.0 Å². The van der Waals surface area contributed by atoms with Crippen LogP contribution < -0.4 is 5.32 Å². The lowest BCUT2D eigenvalue weighted by atomic mass is 10.2. The number of hydrogen-bond acceptors (Lipinski definition) is 3. The second-order valence-corrected chi connectivity index (χ2v) is 6.44. The highest BCUT2D eigenvalue weighted by Crippen LogP contribution is 2.22. The number of anilines is 1. The summed E-state index contributed by atoms with van der Waals surface area (Å²) in [5.74, 6) is -0.163. The van der Waals surface area contributed by atoms with Gasteiger partial charge in [-0.25, -0.2) is 0 Å². The summed E-state index contributed by atoms with van der Waals surface area (Å²) >= 11 is 5.58. The van der Waals surface area contributed by atoms with Gasteiger partial charge in [-0.15, -0.1) is 0 Å². The molecule has 0 radical (unpaired) electrons. The van der Waals surface area contributed by atoms with Crippen LogP contribution in [0.2, 0.25) is 0 Å². The monoisotopic (exact) mass is 453 g/mol. The average Bonchev–Trinajstić information content (AvgIpc) is 2.49. The van der Waals surface area contributed by atoms with Crippen molar-refractivity contribution in [2.45, 2.75) is 0 Å². The quantitative estimate of drug-likeness (QED) is 0.590. The SMILES string of the molecule is O=C(Nc1ccc2nccnc2c1)c1cc(I)ccc1Br. The molecule has 0 atom stereocenters. The van der Waals surface area contributed by atoms with Crippen molar-refractivity contribution in [3.63, 3.8) is 0 Å². The van der Waals surface area contributed by atoms with Crippen molar-refractivity contribution in [2.75, 3.05) is 5.32 Å². The number of aromatic nitrogens is 2. The molecule has 21 heavy (non-hydrogen) atoms. The molecule has 2 aromatic carbocycles. The third-order valence-corrected chi connectivity index (χ3v) is 4.26. The highest BCUT2D eigenvalue weighted by Gasteiger charge is 2.11. The lowest BCUT2D eigenvalue weighted by Gasteiger charge is -2.08. The Morgan fingerprint density at radius 1 is 1.05 bits per heavy atom. The van der Waals surface area contributed by atoms with Gasteiger partial charge in [-0.05, 0) is 74.9 Å². The fourth-order valence-electron chi connectivity index (χ4n) is 1.91. The Morgan fingerprint density at radius 3 is 2.62 bits per heavy atom. The molecule has 0 fully saturated rings. The van der Waals surface area contributed by atoms with Gasteiger partial charge in [0, 0.05) is 26.1 Å². The number of carbonyl (C=O) groups excluding carboxylic acids is 1. The fraction of sp³-hybridized carbons (Fsp3) is 0. The minimum Gasteiger partial charge on any atom is -0.322 e. The van der Waals surface area contributed by atoms with Gasteiger partial charge in [-0.2, -0.15) is 0 Å². The maximum absolute atomic E-state index is 12.3. The summed E-state index contributed by atoms with van der Waals surface area (Å²) in [6, 6.07) is 11.1. The maximum Gasteiger partial charge on any atom is 0.256 e. The number of carbonyl (C=O) groups is 1. The van der Waals surface area contributed by atoms with E-state index in [9.17, 15) is 4.79 Å². The Balaban J connectivity index is 1.90. The topological polar surface area (TPSA) is 54.9 Å². The highest BCUT2D eigenvalue weighted by atomic mass is 127. The summed E-state index contributed by atoms with van der Waals surface area (Å²) < 4.78 is 1.77. The summed E-state index contributed by atoms with van der Waals surface area (Å²) in [6.07, 6.45) is 3.27. The van der Waals surface area contributed by atoms with E-state index in [2.05, 4.69) is 53.8 Å². The molecule has 0 unspecified atom stereocenters. The van der Waals surface area contributed by atoms with E-state index < -0.39 is 0 Å². The van der Waals surface area contributed by atoms with Gasteiger partial charge >= 0.3 is 0 Å². The molecular formula is C15H9BrIN3O. The van der Waals surface area contributed by atoms with Crippen molar-refractivity contribution < 1.29 is 4.79 Å². The number of rotatable bonds is 2. The van der Waals surface area contributed by atoms with Gasteiger partial charge in [-0.3, -0.25) is 14.8 Å². The molecule has 3 rings (SSSR count). The van der Waals surface area contributed by atoms with Gasteiger partial charge in [0.1, 0.15) is 0 Å². The normalized spacial score (nSPS) is 10.6. The van der Waals surface area contributed by atoms with Crippen LogP contribution in [-0.2, 0) is 0 Å². The van der Waals surface area contributed by atoms with E-state index in [1.807, 2.05) is 36.4 Å². The largest absolute Gasteiger partial charge is 0.322 e. The lowest BCUT2D eigenvalue weighted by molar-refractivity contribution is 0.102. The number of amides is 1. The molecule has 1 heterocycles. The standard InChI is InChI=1S/C15H9BrIN3O/c16-12-3-1-9(17)7-11(12)15(21)20-10-2-4-13-14(8-10)19-6-5-18-13/h1-8H,(H,20,21). The van der Waals surface area contributed by atoms with Gasteiger partial charge in [0.05, 0.1) is 16.6 Å². The van der Waals surface area contributed by atoms with Crippen molar-refractivity contribution in [1.82, 2.24) is 9.97 Å². The van der Waals surface area contributed by atoms with Crippen LogP contribution in [0.1, 0.15) is 10.4 Å². The predicted octanol–water partition coefficient (Wildman–Crippen LogP) is 4.25. The van der Waals surface area contributed by atoms with Gasteiger partial charge in [-0.1, -0.05) is 0 Å². The minimum absolute atomic E-state index is 0.163. The van der Waals surface area contributed by atoms with Gasteiger partial charge < -0.3 is 5.32 Å². The minimum atomic E-state index is -0.163. The molecule has 0 saturated carbocycles. The van der Waals surface area contributed by atoms with Crippen molar-refractivity contribution in [2.24, 2.45) is 0 Å². The van der Waals surface area contributed by atoms with E-state index in [1.54, 1.807) is 12.4 Å². The molecule has 1 amide bonds. The van der Waals surface area contributed by atoms with E-state index in [0.29, 0.717) is 11.3 Å². The van der Waals surface area contributed by atoms with Gasteiger partial charge in [0.25, 0.3) is 5.91 Å². The zero-order valence-electron chi connectivity index (χ0n) is 10.7. The molecule has 1 N–H and O–H groups in total. The summed E-state index contributed by atoms with van der Waals surface area (Å²) in [4.78, 5) is 20.8. The second-order valence-electron chi connectivity index (χ2n) is 4.34. The zero-order chi connectivity index (χ0) is 14.8. The highest BCUT2D eigenvalue weighted by molar-refractivity contribution is 14.1. The molecule has 0 aliphatic heterocycles. The van der Waals surface area contributed by atoms with Crippen molar-refractivity contribution in [3.8, 4) is 0 Å². The summed E-state index contributed by atoms with van der Waals surface area (Å²) in [6.45, 7) is 0. The molecule has 104 valence electrons. The van der Waals surface area contributed by atoms with Crippen LogP contribution in [0.4, 0.5) is 5.69 Å². The number of nitrogens with one attached hydrogen (secondary N) is 1. The number of fused-ring (bicyclic) bond motifs is 1. The van der Waals surface area contributed by atoms with E-state index in [-0.39, 0.29) is 5.91 Å². The van der Waals surface area contributed by atoms with E-state index in [0.717, 1.165) is 19.1 Å². The summed E-state index contributed by atoms with van der Waals surface area (Å²) in [5.41, 5.74) is 2.84. The van der Waals surface area contributed by atoms with E-state index >= 15 is 0 Å². The lowest BCUT2D eigenvalue weighted by Crippen LogP contribution is -2.12. The molecule has 4 nitrogen and oxygen atoms in total.